The largest absolute Gasteiger partial charge is 0.507 e. The molecule has 92 valence electrons. The van der Waals surface area contributed by atoms with Crippen LogP contribution in [-0.2, 0) is 0 Å². The van der Waals surface area contributed by atoms with Gasteiger partial charge in [0.05, 0.1) is 5.56 Å². The predicted molar refractivity (Wildman–Crippen MR) is 67.2 cm³/mol. The molecule has 0 radical (unpaired) electrons. The van der Waals surface area contributed by atoms with Crippen molar-refractivity contribution in [3.8, 4) is 5.75 Å². The molecule has 0 atom stereocenters. The number of anilines is 1. The molecule has 2 aromatic carbocycles. The number of phenols is 1. The Hall–Kier alpha value is -2.36. The topological polar surface area (TPSA) is 49.3 Å². The van der Waals surface area contributed by atoms with Crippen molar-refractivity contribution in [1.29, 1.82) is 0 Å². The Morgan fingerprint density at radius 1 is 1.17 bits per heavy atom. The van der Waals surface area contributed by atoms with E-state index < -0.39 is 5.91 Å². The lowest BCUT2D eigenvalue weighted by atomic mass is 10.1. The van der Waals surface area contributed by atoms with Crippen LogP contribution in [0.25, 0.3) is 0 Å². The van der Waals surface area contributed by atoms with Crippen LogP contribution < -0.4 is 5.32 Å². The average Bonchev–Trinajstić information content (AvgIpc) is 2.32. The molecule has 2 N–H and O–H groups in total. The minimum Gasteiger partial charge on any atom is -0.507 e. The van der Waals surface area contributed by atoms with Crippen molar-refractivity contribution in [3.63, 3.8) is 0 Å². The summed E-state index contributed by atoms with van der Waals surface area (Å²) in [6.07, 6.45) is 0. The fourth-order valence-electron chi connectivity index (χ4n) is 1.67. The molecular formula is C14H12FNO2. The smallest absolute Gasteiger partial charge is 0.259 e. The van der Waals surface area contributed by atoms with Gasteiger partial charge < -0.3 is 10.4 Å². The minimum absolute atomic E-state index is 0.0744. The van der Waals surface area contributed by atoms with E-state index in [4.69, 9.17) is 0 Å². The van der Waals surface area contributed by atoms with Crippen LogP contribution >= 0.6 is 0 Å². The number of aromatic hydroxyl groups is 1. The van der Waals surface area contributed by atoms with E-state index in [1.807, 2.05) is 0 Å². The Morgan fingerprint density at radius 2 is 1.83 bits per heavy atom. The van der Waals surface area contributed by atoms with Gasteiger partial charge in [0.2, 0.25) is 0 Å². The maximum absolute atomic E-state index is 12.7. The van der Waals surface area contributed by atoms with E-state index in [0.717, 1.165) is 0 Å². The molecule has 0 heterocycles. The van der Waals surface area contributed by atoms with Crippen LogP contribution in [0, 0.1) is 12.7 Å². The minimum atomic E-state index is -0.419. The van der Waals surface area contributed by atoms with Crippen molar-refractivity contribution in [1.82, 2.24) is 0 Å². The zero-order valence-corrected chi connectivity index (χ0v) is 9.77. The predicted octanol–water partition coefficient (Wildman–Crippen LogP) is 3.09. The first-order valence-corrected chi connectivity index (χ1v) is 5.43. The van der Waals surface area contributed by atoms with Crippen LogP contribution in [0.5, 0.6) is 5.75 Å². The number of rotatable bonds is 2. The van der Waals surface area contributed by atoms with Gasteiger partial charge in [0, 0.05) is 5.69 Å². The van der Waals surface area contributed by atoms with E-state index in [2.05, 4.69) is 5.32 Å². The molecule has 0 spiro atoms. The summed E-state index contributed by atoms with van der Waals surface area (Å²) in [6.45, 7) is 1.74. The summed E-state index contributed by atoms with van der Waals surface area (Å²) < 4.78 is 12.7. The van der Waals surface area contributed by atoms with E-state index in [1.54, 1.807) is 19.1 Å². The van der Waals surface area contributed by atoms with Gasteiger partial charge in [0.25, 0.3) is 5.91 Å². The Morgan fingerprint density at radius 3 is 2.44 bits per heavy atom. The highest BCUT2D eigenvalue weighted by Gasteiger charge is 2.13. The number of amides is 1. The van der Waals surface area contributed by atoms with Gasteiger partial charge in [0.1, 0.15) is 11.6 Å². The number of phenolic OH excluding ortho intramolecular Hbond substituents is 1. The van der Waals surface area contributed by atoms with Crippen LogP contribution in [0.4, 0.5) is 10.1 Å². The molecular weight excluding hydrogens is 233 g/mol. The molecule has 4 heteroatoms. The first kappa shape index (κ1) is 12.1. The quantitative estimate of drug-likeness (QED) is 0.854. The number of hydrogen-bond donors (Lipinski definition) is 2. The Labute approximate surface area is 104 Å². The van der Waals surface area contributed by atoms with E-state index in [-0.39, 0.29) is 17.1 Å². The SMILES string of the molecule is Cc1cccc(O)c1C(=O)Nc1ccc(F)cc1. The Balaban J connectivity index is 2.25. The van der Waals surface area contributed by atoms with Crippen molar-refractivity contribution in [2.75, 3.05) is 5.32 Å². The molecule has 0 fully saturated rings. The van der Waals surface area contributed by atoms with Crippen LogP contribution in [0.3, 0.4) is 0 Å². The van der Waals surface area contributed by atoms with Gasteiger partial charge in [-0.3, -0.25) is 4.79 Å². The monoisotopic (exact) mass is 245 g/mol. The van der Waals surface area contributed by atoms with Crippen LogP contribution in [0.2, 0.25) is 0 Å². The number of hydrogen-bond acceptors (Lipinski definition) is 2. The lowest BCUT2D eigenvalue weighted by molar-refractivity contribution is 0.102. The van der Waals surface area contributed by atoms with Crippen molar-refractivity contribution < 1.29 is 14.3 Å². The van der Waals surface area contributed by atoms with Crippen LogP contribution in [0.1, 0.15) is 15.9 Å². The molecule has 0 aliphatic rings. The van der Waals surface area contributed by atoms with E-state index >= 15 is 0 Å². The van der Waals surface area contributed by atoms with Crippen LogP contribution in [-0.4, -0.2) is 11.0 Å². The summed E-state index contributed by atoms with van der Waals surface area (Å²) in [6, 6.07) is 10.3. The summed E-state index contributed by atoms with van der Waals surface area (Å²) >= 11 is 0. The summed E-state index contributed by atoms with van der Waals surface area (Å²) in [5.74, 6) is -0.862. The summed E-state index contributed by atoms with van der Waals surface area (Å²) in [5, 5.41) is 12.3. The first-order valence-electron chi connectivity index (χ1n) is 5.43. The van der Waals surface area contributed by atoms with E-state index in [1.165, 1.54) is 30.3 Å². The van der Waals surface area contributed by atoms with Crippen molar-refractivity contribution in [2.24, 2.45) is 0 Å². The third-order valence-corrected chi connectivity index (χ3v) is 2.58. The average molecular weight is 245 g/mol. The lowest BCUT2D eigenvalue weighted by Gasteiger charge is -2.09. The number of aryl methyl sites for hydroxylation is 1. The molecule has 1 amide bonds. The number of nitrogens with one attached hydrogen (secondary N) is 1. The van der Waals surface area contributed by atoms with Gasteiger partial charge in [-0.15, -0.1) is 0 Å². The highest BCUT2D eigenvalue weighted by atomic mass is 19.1. The molecule has 2 rings (SSSR count). The van der Waals surface area contributed by atoms with Crippen molar-refractivity contribution >= 4 is 11.6 Å². The summed E-state index contributed by atoms with van der Waals surface area (Å²) in [5.41, 5.74) is 1.38. The van der Waals surface area contributed by atoms with Gasteiger partial charge in [-0.1, -0.05) is 12.1 Å². The molecule has 0 bridgehead atoms. The molecule has 0 unspecified atom stereocenters. The number of carbonyl (C=O) groups excluding carboxylic acids is 1. The zero-order chi connectivity index (χ0) is 13.1. The molecule has 0 aliphatic heterocycles. The third-order valence-electron chi connectivity index (χ3n) is 2.58. The Bertz CT molecular complexity index is 559. The van der Waals surface area contributed by atoms with E-state index in [0.29, 0.717) is 11.3 Å². The highest BCUT2D eigenvalue weighted by molar-refractivity contribution is 6.07. The maximum atomic E-state index is 12.7. The van der Waals surface area contributed by atoms with Gasteiger partial charge >= 0.3 is 0 Å². The van der Waals surface area contributed by atoms with Gasteiger partial charge in [-0.05, 0) is 42.8 Å². The second kappa shape index (κ2) is 4.87. The molecule has 0 saturated carbocycles. The number of benzene rings is 2. The highest BCUT2D eigenvalue weighted by Crippen LogP contribution is 2.21. The molecule has 2 aromatic rings. The standard InChI is InChI=1S/C14H12FNO2/c1-9-3-2-4-12(17)13(9)14(18)16-11-7-5-10(15)6-8-11/h2-8,17H,1H3,(H,16,18). The molecule has 18 heavy (non-hydrogen) atoms. The normalized spacial score (nSPS) is 10.1. The number of halogens is 1. The van der Waals surface area contributed by atoms with Gasteiger partial charge in [0.15, 0.2) is 0 Å². The third kappa shape index (κ3) is 2.48. The number of carbonyl (C=O) groups is 1. The molecule has 0 aliphatic carbocycles. The Kier molecular flexibility index (Phi) is 3.28. The molecule has 3 nitrogen and oxygen atoms in total. The fourth-order valence-corrected chi connectivity index (χ4v) is 1.67. The zero-order valence-electron chi connectivity index (χ0n) is 9.77. The first-order chi connectivity index (χ1) is 8.58. The van der Waals surface area contributed by atoms with Crippen LogP contribution in [0.15, 0.2) is 42.5 Å². The summed E-state index contributed by atoms with van der Waals surface area (Å²) in [7, 11) is 0. The lowest BCUT2D eigenvalue weighted by Crippen LogP contribution is -2.13. The summed E-state index contributed by atoms with van der Waals surface area (Å²) in [4.78, 5) is 12.0. The second-order valence-electron chi connectivity index (χ2n) is 3.93. The van der Waals surface area contributed by atoms with E-state index in [9.17, 15) is 14.3 Å². The second-order valence-corrected chi connectivity index (χ2v) is 3.93. The fraction of sp³-hybridized carbons (Fsp3) is 0.0714. The maximum Gasteiger partial charge on any atom is 0.259 e. The van der Waals surface area contributed by atoms with Crippen molar-refractivity contribution in [2.45, 2.75) is 6.92 Å². The van der Waals surface area contributed by atoms with Gasteiger partial charge in [-0.25, -0.2) is 4.39 Å². The molecule has 0 aromatic heterocycles. The van der Waals surface area contributed by atoms with Crippen molar-refractivity contribution in [3.05, 3.63) is 59.4 Å². The van der Waals surface area contributed by atoms with Gasteiger partial charge in [-0.2, -0.15) is 0 Å². The molecule has 0 saturated heterocycles.